The van der Waals surface area contributed by atoms with E-state index in [1.165, 1.54) is 0 Å². The third-order valence-corrected chi connectivity index (χ3v) is 4.27. The highest BCUT2D eigenvalue weighted by atomic mass is 32.1. The van der Waals surface area contributed by atoms with Gasteiger partial charge in [-0.25, -0.2) is 9.78 Å². The summed E-state index contributed by atoms with van der Waals surface area (Å²) in [7, 11) is 0. The number of hydrogen-bond acceptors (Lipinski definition) is 3. The Bertz CT molecular complexity index is 587. The number of hydrogen-bond donors (Lipinski definition) is 2. The molecule has 0 aliphatic heterocycles. The molecular formula is C14H18N4OS. The Morgan fingerprint density at radius 1 is 1.45 bits per heavy atom. The molecular weight excluding hydrogens is 272 g/mol. The van der Waals surface area contributed by atoms with E-state index >= 15 is 0 Å². The largest absolute Gasteiger partial charge is 0.338 e. The number of aromatic nitrogens is 2. The van der Waals surface area contributed by atoms with Gasteiger partial charge in [0.05, 0.1) is 12.2 Å². The Balaban J connectivity index is 1.42. The van der Waals surface area contributed by atoms with Gasteiger partial charge in [-0.05, 0) is 25.2 Å². The molecule has 0 radical (unpaired) electrons. The summed E-state index contributed by atoms with van der Waals surface area (Å²) in [5, 5.41) is 7.78. The average molecular weight is 290 g/mol. The van der Waals surface area contributed by atoms with Gasteiger partial charge in [-0.15, -0.1) is 11.3 Å². The first-order valence-electron chi connectivity index (χ1n) is 6.89. The lowest BCUT2D eigenvalue weighted by atomic mass is 9.94. The van der Waals surface area contributed by atoms with Crippen molar-refractivity contribution in [2.45, 2.75) is 25.8 Å². The van der Waals surface area contributed by atoms with E-state index in [4.69, 9.17) is 0 Å². The van der Waals surface area contributed by atoms with Crippen LogP contribution in [0.5, 0.6) is 0 Å². The number of urea groups is 1. The number of thiazole rings is 1. The van der Waals surface area contributed by atoms with Crippen LogP contribution in [0.15, 0.2) is 29.9 Å². The molecule has 0 saturated carbocycles. The maximum atomic E-state index is 11.7. The molecule has 106 valence electrons. The van der Waals surface area contributed by atoms with Crippen LogP contribution in [0, 0.1) is 5.92 Å². The van der Waals surface area contributed by atoms with Gasteiger partial charge in [0.1, 0.15) is 0 Å². The second-order valence-corrected chi connectivity index (χ2v) is 5.91. The Morgan fingerprint density at radius 3 is 3.20 bits per heavy atom. The Hall–Kier alpha value is -1.82. The highest BCUT2D eigenvalue weighted by molar-refractivity contribution is 7.15. The molecule has 1 atom stereocenters. The first kappa shape index (κ1) is 13.2. The molecule has 5 nitrogen and oxygen atoms in total. The van der Waals surface area contributed by atoms with Crippen LogP contribution in [-0.2, 0) is 6.54 Å². The summed E-state index contributed by atoms with van der Waals surface area (Å²) in [4.78, 5) is 17.1. The number of carbonyl (C=O) groups is 1. The van der Waals surface area contributed by atoms with Crippen LogP contribution in [0.3, 0.4) is 0 Å². The summed E-state index contributed by atoms with van der Waals surface area (Å²) in [6.07, 6.45) is 11.7. The summed E-state index contributed by atoms with van der Waals surface area (Å²) in [6, 6.07) is -0.115. The van der Waals surface area contributed by atoms with E-state index in [0.717, 1.165) is 36.5 Å². The number of fused-ring (bicyclic) bond motifs is 1. The predicted octanol–water partition coefficient (Wildman–Crippen LogP) is 2.55. The number of rotatable bonds is 4. The number of allylic oxidation sites excluding steroid dienone is 2. The van der Waals surface area contributed by atoms with Crippen LogP contribution in [0.2, 0.25) is 0 Å². The fourth-order valence-electron chi connectivity index (χ4n) is 2.37. The molecule has 3 rings (SSSR count). The molecule has 0 saturated heterocycles. The van der Waals surface area contributed by atoms with Crippen LogP contribution in [0.4, 0.5) is 4.79 Å². The van der Waals surface area contributed by atoms with Gasteiger partial charge in [0, 0.05) is 24.3 Å². The van der Waals surface area contributed by atoms with E-state index in [9.17, 15) is 4.79 Å². The second-order valence-electron chi connectivity index (χ2n) is 5.04. The minimum absolute atomic E-state index is 0.115. The van der Waals surface area contributed by atoms with Gasteiger partial charge in [0.25, 0.3) is 0 Å². The van der Waals surface area contributed by atoms with Crippen molar-refractivity contribution in [2.75, 3.05) is 6.54 Å². The molecule has 6 heteroatoms. The summed E-state index contributed by atoms with van der Waals surface area (Å²) in [5.41, 5.74) is 0.882. The summed E-state index contributed by atoms with van der Waals surface area (Å²) in [6.45, 7) is 1.21. The lowest BCUT2D eigenvalue weighted by molar-refractivity contribution is 0.238. The Morgan fingerprint density at radius 2 is 2.40 bits per heavy atom. The summed E-state index contributed by atoms with van der Waals surface area (Å²) >= 11 is 1.59. The SMILES string of the molecule is O=C(NCc1cn2ccsc2n1)NCC1CC=CCC1. The van der Waals surface area contributed by atoms with Crippen molar-refractivity contribution >= 4 is 22.3 Å². The number of amides is 2. The molecule has 2 aromatic rings. The lowest BCUT2D eigenvalue weighted by Crippen LogP contribution is -2.38. The zero-order valence-corrected chi connectivity index (χ0v) is 12.0. The molecule has 0 spiro atoms. The van der Waals surface area contributed by atoms with Crippen molar-refractivity contribution in [1.29, 1.82) is 0 Å². The fourth-order valence-corrected chi connectivity index (χ4v) is 3.09. The van der Waals surface area contributed by atoms with Crippen molar-refractivity contribution in [2.24, 2.45) is 5.92 Å². The first-order chi connectivity index (χ1) is 9.81. The van der Waals surface area contributed by atoms with Gasteiger partial charge < -0.3 is 10.6 Å². The smallest absolute Gasteiger partial charge is 0.315 e. The van der Waals surface area contributed by atoms with Crippen LogP contribution < -0.4 is 10.6 Å². The van der Waals surface area contributed by atoms with Crippen LogP contribution >= 0.6 is 11.3 Å². The molecule has 0 aromatic carbocycles. The molecule has 2 amide bonds. The van der Waals surface area contributed by atoms with Gasteiger partial charge in [0.2, 0.25) is 0 Å². The highest BCUT2D eigenvalue weighted by Gasteiger charge is 2.11. The van der Waals surface area contributed by atoms with E-state index in [2.05, 4.69) is 27.8 Å². The number of imidazole rings is 1. The highest BCUT2D eigenvalue weighted by Crippen LogP contribution is 2.16. The first-order valence-corrected chi connectivity index (χ1v) is 7.77. The minimum atomic E-state index is -0.115. The molecule has 0 fully saturated rings. The van der Waals surface area contributed by atoms with Crippen molar-refractivity contribution in [3.63, 3.8) is 0 Å². The monoisotopic (exact) mass is 290 g/mol. The fraction of sp³-hybridized carbons (Fsp3) is 0.429. The standard InChI is InChI=1S/C14H18N4OS/c19-13(15-8-11-4-2-1-3-5-11)16-9-12-10-18-6-7-20-14(18)17-12/h1-2,6-7,10-11H,3-5,8-9H2,(H2,15,16,19). The van der Waals surface area contributed by atoms with Crippen molar-refractivity contribution in [3.05, 3.63) is 35.6 Å². The molecule has 1 unspecified atom stereocenters. The number of nitrogens with one attached hydrogen (secondary N) is 2. The normalized spacial score (nSPS) is 18.3. The predicted molar refractivity (Wildman–Crippen MR) is 79.8 cm³/mol. The van der Waals surface area contributed by atoms with Crippen LogP contribution in [-0.4, -0.2) is 22.0 Å². The third-order valence-electron chi connectivity index (χ3n) is 3.50. The molecule has 0 bridgehead atoms. The van der Waals surface area contributed by atoms with E-state index in [0.29, 0.717) is 12.5 Å². The summed E-state index contributed by atoms with van der Waals surface area (Å²) in [5.74, 6) is 0.573. The van der Waals surface area contributed by atoms with Gasteiger partial charge in [-0.1, -0.05) is 12.2 Å². The van der Waals surface area contributed by atoms with Gasteiger partial charge >= 0.3 is 6.03 Å². The molecule has 2 aromatic heterocycles. The topological polar surface area (TPSA) is 58.4 Å². The number of carbonyl (C=O) groups excluding carboxylic acids is 1. The quantitative estimate of drug-likeness (QED) is 0.850. The van der Waals surface area contributed by atoms with E-state index < -0.39 is 0 Å². The van der Waals surface area contributed by atoms with E-state index in [1.54, 1.807) is 11.3 Å². The molecule has 2 N–H and O–H groups in total. The van der Waals surface area contributed by atoms with Gasteiger partial charge in [-0.3, -0.25) is 4.40 Å². The Kier molecular flexibility index (Phi) is 4.01. The van der Waals surface area contributed by atoms with Crippen LogP contribution in [0.1, 0.15) is 25.0 Å². The van der Waals surface area contributed by atoms with Gasteiger partial charge in [-0.2, -0.15) is 0 Å². The van der Waals surface area contributed by atoms with E-state index in [1.807, 2.05) is 22.2 Å². The summed E-state index contributed by atoms with van der Waals surface area (Å²) < 4.78 is 1.97. The molecule has 1 aliphatic carbocycles. The van der Waals surface area contributed by atoms with Crippen molar-refractivity contribution < 1.29 is 4.79 Å². The van der Waals surface area contributed by atoms with Crippen LogP contribution in [0.25, 0.3) is 4.96 Å². The number of nitrogens with zero attached hydrogens (tertiary/aromatic N) is 2. The van der Waals surface area contributed by atoms with Gasteiger partial charge in [0.15, 0.2) is 4.96 Å². The third kappa shape index (κ3) is 3.19. The van der Waals surface area contributed by atoms with E-state index in [-0.39, 0.29) is 6.03 Å². The van der Waals surface area contributed by atoms with Crippen molar-refractivity contribution in [3.8, 4) is 0 Å². The zero-order chi connectivity index (χ0) is 13.8. The maximum Gasteiger partial charge on any atom is 0.315 e. The van der Waals surface area contributed by atoms with Crippen molar-refractivity contribution in [1.82, 2.24) is 20.0 Å². The maximum absolute atomic E-state index is 11.7. The molecule has 2 heterocycles. The molecule has 1 aliphatic rings. The minimum Gasteiger partial charge on any atom is -0.338 e. The molecule has 20 heavy (non-hydrogen) atoms. The average Bonchev–Trinajstić information content (AvgIpc) is 3.05. The zero-order valence-electron chi connectivity index (χ0n) is 11.2. The Labute approximate surface area is 121 Å². The lowest BCUT2D eigenvalue weighted by Gasteiger charge is -2.18. The second kappa shape index (κ2) is 6.09.